The van der Waals surface area contributed by atoms with Crippen molar-refractivity contribution in [3.63, 3.8) is 0 Å². The number of hydrogen-bond donors (Lipinski definition) is 0. The summed E-state index contributed by atoms with van der Waals surface area (Å²) >= 11 is 0. The van der Waals surface area contributed by atoms with Gasteiger partial charge in [0.15, 0.2) is 5.82 Å². The minimum atomic E-state index is 0.385. The van der Waals surface area contributed by atoms with Crippen molar-refractivity contribution in [2.45, 2.75) is 20.3 Å². The van der Waals surface area contributed by atoms with Crippen LogP contribution in [0.25, 0.3) is 22.6 Å². The van der Waals surface area contributed by atoms with Crippen molar-refractivity contribution < 1.29 is 0 Å². The zero-order chi connectivity index (χ0) is 15.0. The fraction of sp³-hybridized carbons (Fsp3) is 0.235. The van der Waals surface area contributed by atoms with Crippen LogP contribution >= 0.6 is 0 Å². The summed E-state index contributed by atoms with van der Waals surface area (Å²) in [7, 11) is 2.00. The zero-order valence-electron chi connectivity index (χ0n) is 12.4. The van der Waals surface area contributed by atoms with E-state index in [0.29, 0.717) is 6.42 Å². The number of benzene rings is 1. The van der Waals surface area contributed by atoms with Crippen molar-refractivity contribution in [3.05, 3.63) is 47.2 Å². The van der Waals surface area contributed by atoms with Crippen LogP contribution in [0.4, 0.5) is 0 Å². The van der Waals surface area contributed by atoms with Gasteiger partial charge in [-0.25, -0.2) is 4.98 Å². The molecule has 0 bridgehead atoms. The number of aromatic nitrogens is 3. The number of pyridine rings is 1. The van der Waals surface area contributed by atoms with Gasteiger partial charge in [0.1, 0.15) is 5.69 Å². The molecule has 3 aromatic rings. The van der Waals surface area contributed by atoms with Crippen molar-refractivity contribution in [3.8, 4) is 17.6 Å². The Bertz CT molecular complexity index is 868. The molecule has 0 unspecified atom stereocenters. The highest BCUT2D eigenvalue weighted by atomic mass is 15.1. The third-order valence-corrected chi connectivity index (χ3v) is 3.67. The first-order valence-electron chi connectivity index (χ1n) is 6.86. The van der Waals surface area contributed by atoms with E-state index >= 15 is 0 Å². The molecule has 21 heavy (non-hydrogen) atoms. The smallest absolute Gasteiger partial charge is 0.159 e. The molecule has 0 amide bonds. The largest absolute Gasteiger partial charge is 0.326 e. The maximum Gasteiger partial charge on any atom is 0.159 e. The quantitative estimate of drug-likeness (QED) is 0.721. The second kappa shape index (κ2) is 5.02. The lowest BCUT2D eigenvalue weighted by molar-refractivity contribution is 0.945. The van der Waals surface area contributed by atoms with Crippen LogP contribution in [0.2, 0.25) is 0 Å². The number of hydrogen-bond acceptors (Lipinski definition) is 3. The number of imidazole rings is 1. The number of aryl methyl sites for hydroxylation is 3. The Morgan fingerprint density at radius 2 is 2.05 bits per heavy atom. The lowest BCUT2D eigenvalue weighted by Gasteiger charge is -2.06. The van der Waals surface area contributed by atoms with Crippen molar-refractivity contribution in [2.24, 2.45) is 7.05 Å². The Labute approximate surface area is 123 Å². The molecule has 0 saturated carbocycles. The first-order chi connectivity index (χ1) is 10.1. The summed E-state index contributed by atoms with van der Waals surface area (Å²) in [6.07, 6.45) is 2.14. The van der Waals surface area contributed by atoms with Crippen LogP contribution in [-0.4, -0.2) is 14.5 Å². The fourth-order valence-electron chi connectivity index (χ4n) is 2.58. The van der Waals surface area contributed by atoms with Gasteiger partial charge < -0.3 is 4.57 Å². The van der Waals surface area contributed by atoms with Gasteiger partial charge in [-0.15, -0.1) is 0 Å². The summed E-state index contributed by atoms with van der Waals surface area (Å²) in [5.74, 6) is 0.858. The van der Waals surface area contributed by atoms with Crippen LogP contribution < -0.4 is 0 Å². The van der Waals surface area contributed by atoms with Gasteiger partial charge in [0.05, 0.1) is 23.5 Å². The molecule has 0 atom stereocenters. The van der Waals surface area contributed by atoms with E-state index in [2.05, 4.69) is 40.7 Å². The normalized spacial score (nSPS) is 10.8. The molecule has 1 aromatic carbocycles. The zero-order valence-corrected chi connectivity index (χ0v) is 12.4. The predicted molar refractivity (Wildman–Crippen MR) is 82.7 cm³/mol. The molecule has 0 aliphatic carbocycles. The molecule has 2 aromatic heterocycles. The monoisotopic (exact) mass is 276 g/mol. The van der Waals surface area contributed by atoms with Gasteiger partial charge in [0.25, 0.3) is 0 Å². The minimum absolute atomic E-state index is 0.385. The molecule has 0 fully saturated rings. The molecule has 0 radical (unpaired) electrons. The lowest BCUT2D eigenvalue weighted by atomic mass is 10.1. The SMILES string of the molecule is Cc1ccc2c(c1)nc(-c1ncc(CC#N)cc1C)n2C. The molecule has 4 nitrogen and oxygen atoms in total. The van der Waals surface area contributed by atoms with Crippen LogP contribution in [0, 0.1) is 25.2 Å². The third kappa shape index (κ3) is 2.27. The topological polar surface area (TPSA) is 54.5 Å². The van der Waals surface area contributed by atoms with Crippen molar-refractivity contribution in [1.82, 2.24) is 14.5 Å². The molecule has 0 spiro atoms. The van der Waals surface area contributed by atoms with Crippen molar-refractivity contribution in [1.29, 1.82) is 5.26 Å². The Hall–Kier alpha value is -2.67. The van der Waals surface area contributed by atoms with Gasteiger partial charge in [0, 0.05) is 13.2 Å². The Kier molecular flexibility index (Phi) is 3.19. The van der Waals surface area contributed by atoms with E-state index in [1.807, 2.05) is 20.0 Å². The van der Waals surface area contributed by atoms with E-state index < -0.39 is 0 Å². The van der Waals surface area contributed by atoms with Crippen LogP contribution in [-0.2, 0) is 13.5 Å². The summed E-state index contributed by atoms with van der Waals surface area (Å²) in [5.41, 5.74) is 6.12. The van der Waals surface area contributed by atoms with E-state index in [9.17, 15) is 0 Å². The molecule has 0 aliphatic heterocycles. The summed E-state index contributed by atoms with van der Waals surface area (Å²) in [6, 6.07) is 10.4. The van der Waals surface area contributed by atoms with Crippen LogP contribution in [0.15, 0.2) is 30.5 Å². The molecule has 3 rings (SSSR count). The predicted octanol–water partition coefficient (Wildman–Crippen LogP) is 3.32. The van der Waals surface area contributed by atoms with E-state index in [1.54, 1.807) is 6.20 Å². The van der Waals surface area contributed by atoms with Gasteiger partial charge in [-0.1, -0.05) is 12.1 Å². The number of nitrogens with zero attached hydrogens (tertiary/aromatic N) is 4. The van der Waals surface area contributed by atoms with Gasteiger partial charge >= 0.3 is 0 Å². The number of fused-ring (bicyclic) bond motifs is 1. The molecular formula is C17H16N4. The van der Waals surface area contributed by atoms with Gasteiger partial charge in [0.2, 0.25) is 0 Å². The Morgan fingerprint density at radius 3 is 2.76 bits per heavy atom. The number of nitriles is 1. The molecular weight excluding hydrogens is 260 g/mol. The maximum atomic E-state index is 8.77. The van der Waals surface area contributed by atoms with E-state index in [1.165, 1.54) is 5.56 Å². The summed E-state index contributed by atoms with van der Waals surface area (Å²) in [4.78, 5) is 9.23. The number of rotatable bonds is 2. The van der Waals surface area contributed by atoms with Gasteiger partial charge in [-0.05, 0) is 42.7 Å². The fourth-order valence-corrected chi connectivity index (χ4v) is 2.58. The average Bonchev–Trinajstić information content (AvgIpc) is 2.76. The van der Waals surface area contributed by atoms with Gasteiger partial charge in [-0.3, -0.25) is 4.98 Å². The average molecular weight is 276 g/mol. The minimum Gasteiger partial charge on any atom is -0.326 e. The highest BCUT2D eigenvalue weighted by molar-refractivity contribution is 5.81. The highest BCUT2D eigenvalue weighted by Crippen LogP contribution is 2.25. The Balaban J connectivity index is 2.16. The Morgan fingerprint density at radius 1 is 1.24 bits per heavy atom. The first kappa shape index (κ1) is 13.3. The van der Waals surface area contributed by atoms with Crippen molar-refractivity contribution in [2.75, 3.05) is 0 Å². The molecule has 0 aliphatic rings. The van der Waals surface area contributed by atoms with Crippen LogP contribution in [0.3, 0.4) is 0 Å². The van der Waals surface area contributed by atoms with E-state index in [0.717, 1.165) is 33.7 Å². The van der Waals surface area contributed by atoms with E-state index in [-0.39, 0.29) is 0 Å². The van der Waals surface area contributed by atoms with Crippen LogP contribution in [0.1, 0.15) is 16.7 Å². The van der Waals surface area contributed by atoms with Crippen molar-refractivity contribution >= 4 is 11.0 Å². The molecule has 2 heterocycles. The molecule has 0 saturated heterocycles. The maximum absolute atomic E-state index is 8.77. The summed E-state index contributed by atoms with van der Waals surface area (Å²) in [5, 5.41) is 8.77. The second-order valence-electron chi connectivity index (χ2n) is 5.33. The highest BCUT2D eigenvalue weighted by Gasteiger charge is 2.13. The van der Waals surface area contributed by atoms with E-state index in [4.69, 9.17) is 10.2 Å². The van der Waals surface area contributed by atoms with Gasteiger partial charge in [-0.2, -0.15) is 5.26 Å². The molecule has 4 heteroatoms. The third-order valence-electron chi connectivity index (χ3n) is 3.67. The summed E-state index contributed by atoms with van der Waals surface area (Å²) in [6.45, 7) is 4.07. The second-order valence-corrected chi connectivity index (χ2v) is 5.33. The van der Waals surface area contributed by atoms with Crippen LogP contribution in [0.5, 0.6) is 0 Å². The summed E-state index contributed by atoms with van der Waals surface area (Å²) < 4.78 is 2.06. The first-order valence-corrected chi connectivity index (χ1v) is 6.86. The molecule has 0 N–H and O–H groups in total. The standard InChI is InChI=1S/C17H16N4/c1-11-4-5-15-14(8-11)20-17(21(15)3)16-12(2)9-13(6-7-18)10-19-16/h4-5,8-10H,6H2,1-3H3. The molecule has 104 valence electrons. The lowest BCUT2D eigenvalue weighted by Crippen LogP contribution is -1.98.